The Morgan fingerprint density at radius 2 is 1.74 bits per heavy atom. The van der Waals surface area contributed by atoms with Crippen molar-refractivity contribution in [2.75, 3.05) is 5.32 Å². The molecule has 0 saturated heterocycles. The minimum atomic E-state index is -0.507. The molecule has 0 aromatic heterocycles. The molecule has 34 heavy (non-hydrogen) atoms. The van der Waals surface area contributed by atoms with Gasteiger partial charge in [0.25, 0.3) is 5.91 Å². The van der Waals surface area contributed by atoms with Crippen LogP contribution in [0.15, 0.2) is 95.0 Å². The highest BCUT2D eigenvalue weighted by Crippen LogP contribution is 2.29. The summed E-state index contributed by atoms with van der Waals surface area (Å²) in [6.07, 6.45) is 1.48. The Morgan fingerprint density at radius 1 is 0.971 bits per heavy atom. The molecule has 0 aliphatic carbocycles. The van der Waals surface area contributed by atoms with Crippen LogP contribution in [-0.2, 0) is 4.79 Å². The van der Waals surface area contributed by atoms with E-state index in [9.17, 15) is 14.9 Å². The first kappa shape index (κ1) is 23.7. The lowest BCUT2D eigenvalue weighted by Crippen LogP contribution is -2.13. The van der Waals surface area contributed by atoms with Gasteiger partial charge in [-0.3, -0.25) is 4.79 Å². The maximum atomic E-state index is 12.8. The van der Waals surface area contributed by atoms with E-state index in [0.717, 1.165) is 14.3 Å². The van der Waals surface area contributed by atoms with Gasteiger partial charge in [0.15, 0.2) is 0 Å². The van der Waals surface area contributed by atoms with E-state index in [1.54, 1.807) is 30.3 Å². The van der Waals surface area contributed by atoms with Gasteiger partial charge in [-0.25, -0.2) is 4.79 Å². The predicted molar refractivity (Wildman–Crippen MR) is 144 cm³/mol. The number of fused-ring (bicyclic) bond motifs is 1. The number of nitriles is 1. The van der Waals surface area contributed by atoms with Gasteiger partial charge in [-0.2, -0.15) is 5.26 Å². The van der Waals surface area contributed by atoms with Gasteiger partial charge < -0.3 is 10.1 Å². The van der Waals surface area contributed by atoms with Crippen molar-refractivity contribution in [3.63, 3.8) is 0 Å². The Kier molecular flexibility index (Phi) is 7.40. The zero-order valence-electron chi connectivity index (χ0n) is 17.6. The topological polar surface area (TPSA) is 79.2 Å². The maximum absolute atomic E-state index is 12.8. The first-order valence-corrected chi connectivity index (χ1v) is 12.0. The molecule has 0 aliphatic heterocycles. The summed E-state index contributed by atoms with van der Waals surface area (Å²) >= 11 is 5.57. The summed E-state index contributed by atoms with van der Waals surface area (Å²) in [6.45, 7) is 0. The normalized spacial score (nSPS) is 11.0. The molecular weight excluding hydrogens is 607 g/mol. The number of rotatable bonds is 5. The van der Waals surface area contributed by atoms with Crippen LogP contribution < -0.4 is 10.1 Å². The molecular formula is C27H16BrIN2O3. The molecule has 5 nitrogen and oxygen atoms in total. The molecule has 0 heterocycles. The molecule has 0 aliphatic rings. The van der Waals surface area contributed by atoms with Gasteiger partial charge in [-0.1, -0.05) is 48.5 Å². The van der Waals surface area contributed by atoms with Crippen LogP contribution in [0.2, 0.25) is 0 Å². The van der Waals surface area contributed by atoms with E-state index in [2.05, 4.69) is 43.8 Å². The van der Waals surface area contributed by atoms with E-state index in [0.29, 0.717) is 27.0 Å². The lowest BCUT2D eigenvalue weighted by atomic mass is 10.0. The molecule has 0 bridgehead atoms. The van der Waals surface area contributed by atoms with Crippen molar-refractivity contribution in [3.05, 3.63) is 110 Å². The van der Waals surface area contributed by atoms with E-state index in [1.165, 1.54) is 6.08 Å². The van der Waals surface area contributed by atoms with Crippen LogP contribution in [0.1, 0.15) is 15.9 Å². The number of hydrogen-bond donors (Lipinski definition) is 1. The molecule has 0 saturated carbocycles. The number of amides is 1. The number of nitrogens with zero attached hydrogens (tertiary/aromatic N) is 1. The molecule has 0 radical (unpaired) electrons. The fourth-order valence-electron chi connectivity index (χ4n) is 3.33. The molecule has 0 fully saturated rings. The highest BCUT2D eigenvalue weighted by atomic mass is 127. The van der Waals surface area contributed by atoms with E-state index >= 15 is 0 Å². The monoisotopic (exact) mass is 622 g/mol. The van der Waals surface area contributed by atoms with E-state index in [4.69, 9.17) is 4.74 Å². The van der Waals surface area contributed by atoms with Crippen LogP contribution in [0.4, 0.5) is 5.69 Å². The van der Waals surface area contributed by atoms with E-state index < -0.39 is 11.9 Å². The quantitative estimate of drug-likeness (QED) is 0.0857. The van der Waals surface area contributed by atoms with Crippen LogP contribution in [0.3, 0.4) is 0 Å². The van der Waals surface area contributed by atoms with Crippen molar-refractivity contribution in [2.45, 2.75) is 0 Å². The van der Waals surface area contributed by atoms with Gasteiger partial charge in [-0.05, 0) is 97.3 Å². The van der Waals surface area contributed by atoms with Crippen molar-refractivity contribution < 1.29 is 14.3 Å². The number of ether oxygens (including phenoxy) is 1. The van der Waals surface area contributed by atoms with Crippen molar-refractivity contribution >= 4 is 72.9 Å². The van der Waals surface area contributed by atoms with Gasteiger partial charge in [-0.15, -0.1) is 0 Å². The molecule has 0 atom stereocenters. The van der Waals surface area contributed by atoms with Crippen LogP contribution >= 0.6 is 38.5 Å². The number of nitrogens with one attached hydrogen (secondary N) is 1. The second-order valence-corrected chi connectivity index (χ2v) is 9.34. The van der Waals surface area contributed by atoms with Crippen LogP contribution in [0.25, 0.3) is 16.8 Å². The number of carbonyl (C=O) groups excluding carboxylic acids is 2. The summed E-state index contributed by atoms with van der Waals surface area (Å²) in [7, 11) is 0. The predicted octanol–water partition coefficient (Wildman–Crippen LogP) is 6.97. The molecule has 4 aromatic carbocycles. The Hall–Kier alpha value is -3.48. The Morgan fingerprint density at radius 3 is 2.50 bits per heavy atom. The Balaban J connectivity index is 1.53. The van der Waals surface area contributed by atoms with Crippen LogP contribution in [0, 0.1) is 14.9 Å². The summed E-state index contributed by atoms with van der Waals surface area (Å²) in [6, 6.07) is 27.3. The Labute approximate surface area is 218 Å². The van der Waals surface area contributed by atoms with Crippen molar-refractivity contribution in [2.24, 2.45) is 0 Å². The highest BCUT2D eigenvalue weighted by molar-refractivity contribution is 14.1. The number of anilines is 1. The third kappa shape index (κ3) is 5.53. The van der Waals surface area contributed by atoms with Gasteiger partial charge in [0.05, 0.1) is 10.0 Å². The zero-order valence-corrected chi connectivity index (χ0v) is 21.3. The fourth-order valence-corrected chi connectivity index (χ4v) is 4.35. The first-order valence-electron chi connectivity index (χ1n) is 10.1. The number of esters is 1. The number of carbonyl (C=O) groups is 2. The lowest BCUT2D eigenvalue weighted by molar-refractivity contribution is -0.112. The largest absolute Gasteiger partial charge is 0.422 e. The minimum absolute atomic E-state index is 0.0498. The third-order valence-corrected chi connectivity index (χ3v) is 6.22. The summed E-state index contributed by atoms with van der Waals surface area (Å²) in [5, 5.41) is 14.0. The van der Waals surface area contributed by atoms with Crippen molar-refractivity contribution in [3.8, 4) is 11.8 Å². The summed E-state index contributed by atoms with van der Waals surface area (Å²) in [5.41, 5.74) is 1.63. The van der Waals surface area contributed by atoms with Gasteiger partial charge in [0, 0.05) is 9.26 Å². The number of benzene rings is 4. The van der Waals surface area contributed by atoms with E-state index in [1.807, 2.05) is 60.7 Å². The number of hydrogen-bond acceptors (Lipinski definition) is 4. The molecule has 1 N–H and O–H groups in total. The molecule has 166 valence electrons. The van der Waals surface area contributed by atoms with Crippen molar-refractivity contribution in [1.82, 2.24) is 0 Å². The molecule has 4 rings (SSSR count). The van der Waals surface area contributed by atoms with Gasteiger partial charge >= 0.3 is 5.97 Å². The lowest BCUT2D eigenvalue weighted by Gasteiger charge is -2.09. The Bertz CT molecular complexity index is 1490. The van der Waals surface area contributed by atoms with Gasteiger partial charge in [0.2, 0.25) is 0 Å². The highest BCUT2D eigenvalue weighted by Gasteiger charge is 2.15. The van der Waals surface area contributed by atoms with Crippen LogP contribution in [0.5, 0.6) is 5.75 Å². The maximum Gasteiger partial charge on any atom is 0.344 e. The standard InChI is InChI=1S/C27H16BrIN2O3/c28-24-14-17(13-19(16-30)26(32)31-21-8-4-7-20(29)15-21)11-12-25(24)34-27(33)23-10-3-6-18-5-1-2-9-22(18)23/h1-15H,(H,31,32)/b19-13+. The summed E-state index contributed by atoms with van der Waals surface area (Å²) in [5.74, 6) is -0.653. The minimum Gasteiger partial charge on any atom is -0.422 e. The van der Waals surface area contributed by atoms with Crippen molar-refractivity contribution in [1.29, 1.82) is 5.26 Å². The average molecular weight is 623 g/mol. The second-order valence-electron chi connectivity index (χ2n) is 7.24. The van der Waals surface area contributed by atoms with E-state index in [-0.39, 0.29) is 5.57 Å². The summed E-state index contributed by atoms with van der Waals surface area (Å²) < 4.78 is 7.10. The third-order valence-electron chi connectivity index (χ3n) is 4.93. The molecule has 4 aromatic rings. The molecule has 7 heteroatoms. The number of halogens is 2. The van der Waals surface area contributed by atoms with Gasteiger partial charge in [0.1, 0.15) is 17.4 Å². The first-order chi connectivity index (χ1) is 16.4. The summed E-state index contributed by atoms with van der Waals surface area (Å²) in [4.78, 5) is 25.4. The average Bonchev–Trinajstić information content (AvgIpc) is 2.83. The molecule has 0 spiro atoms. The molecule has 0 unspecified atom stereocenters. The smallest absolute Gasteiger partial charge is 0.344 e. The molecule has 1 amide bonds. The SMILES string of the molecule is N#C/C(=C\c1ccc(OC(=O)c2cccc3ccccc23)c(Br)c1)C(=O)Nc1cccc(I)c1. The zero-order chi connectivity index (χ0) is 24.1. The fraction of sp³-hybridized carbons (Fsp3) is 0. The van der Waals surface area contributed by atoms with Crippen LogP contribution in [-0.4, -0.2) is 11.9 Å². The second kappa shape index (κ2) is 10.6.